The Labute approximate surface area is 149 Å². The number of hydrogen-bond donors (Lipinski definition) is 1. The third-order valence-electron chi connectivity index (χ3n) is 5.66. The largest absolute Gasteiger partial charge is 0.356 e. The van der Waals surface area contributed by atoms with E-state index in [4.69, 9.17) is 0 Å². The van der Waals surface area contributed by atoms with Gasteiger partial charge < -0.3 is 10.2 Å². The van der Waals surface area contributed by atoms with Crippen LogP contribution in [0.1, 0.15) is 56.2 Å². The summed E-state index contributed by atoms with van der Waals surface area (Å²) < 4.78 is 1.82. The number of carbonyl (C=O) groups is 2. The zero-order valence-electron chi connectivity index (χ0n) is 15.8. The number of aryl methyl sites for hydroxylation is 1. The summed E-state index contributed by atoms with van der Waals surface area (Å²) in [7, 11) is 1.90. The molecule has 2 fully saturated rings. The quantitative estimate of drug-likeness (QED) is 0.888. The molecular weight excluding hydrogens is 316 g/mol. The second-order valence-electron chi connectivity index (χ2n) is 8.00. The lowest BCUT2D eigenvalue weighted by molar-refractivity contribution is -0.124. The second kappa shape index (κ2) is 7.18. The Hall–Kier alpha value is -1.85. The van der Waals surface area contributed by atoms with Crippen LogP contribution in [0.2, 0.25) is 0 Å². The van der Waals surface area contributed by atoms with E-state index in [1.807, 2.05) is 29.6 Å². The first-order valence-corrected chi connectivity index (χ1v) is 9.49. The standard InChI is InChI=1S/C19H30N4O2/c1-5-23-17(10-15(21-23)6-12(2)3)19(25)22(4)16-7-13-9-18(24)20-11-14(13)8-16/h10,12-14,16H,5-9,11H2,1-4H3,(H,20,24)/t13-,14-,16?/m1/s1. The molecule has 1 saturated heterocycles. The fraction of sp³-hybridized carbons (Fsp3) is 0.737. The molecular formula is C19H30N4O2. The van der Waals surface area contributed by atoms with Gasteiger partial charge in [0, 0.05) is 32.6 Å². The van der Waals surface area contributed by atoms with Gasteiger partial charge in [0.1, 0.15) is 5.69 Å². The molecule has 6 nitrogen and oxygen atoms in total. The zero-order chi connectivity index (χ0) is 18.1. The molecule has 1 aromatic rings. The van der Waals surface area contributed by atoms with Crippen molar-refractivity contribution in [3.05, 3.63) is 17.5 Å². The molecule has 1 aromatic heterocycles. The van der Waals surface area contributed by atoms with Crippen molar-refractivity contribution in [3.8, 4) is 0 Å². The van der Waals surface area contributed by atoms with Crippen LogP contribution in [-0.2, 0) is 17.8 Å². The van der Waals surface area contributed by atoms with Gasteiger partial charge >= 0.3 is 0 Å². The number of fused-ring (bicyclic) bond motifs is 1. The number of rotatable bonds is 5. The molecule has 0 aromatic carbocycles. The van der Waals surface area contributed by atoms with Gasteiger partial charge in [0.25, 0.3) is 5.91 Å². The van der Waals surface area contributed by atoms with E-state index in [0.29, 0.717) is 36.4 Å². The number of aromatic nitrogens is 2. The fourth-order valence-corrected chi connectivity index (χ4v) is 4.30. The van der Waals surface area contributed by atoms with E-state index in [-0.39, 0.29) is 17.9 Å². The van der Waals surface area contributed by atoms with Crippen molar-refractivity contribution in [1.82, 2.24) is 20.0 Å². The number of carbonyl (C=O) groups excluding carboxylic acids is 2. The van der Waals surface area contributed by atoms with Crippen LogP contribution in [0.5, 0.6) is 0 Å². The average Bonchev–Trinajstić information content (AvgIpc) is 3.16. The molecule has 3 rings (SSSR count). The van der Waals surface area contributed by atoms with Crippen molar-refractivity contribution in [2.75, 3.05) is 13.6 Å². The van der Waals surface area contributed by atoms with Crippen LogP contribution in [0.4, 0.5) is 0 Å². The van der Waals surface area contributed by atoms with E-state index in [2.05, 4.69) is 24.3 Å². The highest BCUT2D eigenvalue weighted by atomic mass is 16.2. The van der Waals surface area contributed by atoms with Gasteiger partial charge in [0.05, 0.1) is 5.69 Å². The number of piperidine rings is 1. The van der Waals surface area contributed by atoms with E-state index in [0.717, 1.165) is 31.5 Å². The molecule has 0 bridgehead atoms. The zero-order valence-corrected chi connectivity index (χ0v) is 15.8. The third kappa shape index (κ3) is 3.72. The minimum absolute atomic E-state index is 0.0484. The molecule has 2 amide bonds. The first-order valence-electron chi connectivity index (χ1n) is 9.49. The second-order valence-corrected chi connectivity index (χ2v) is 8.00. The molecule has 2 aliphatic rings. The highest BCUT2D eigenvalue weighted by molar-refractivity contribution is 5.92. The monoisotopic (exact) mass is 346 g/mol. The number of nitrogens with zero attached hydrogens (tertiary/aromatic N) is 3. The normalized spacial score (nSPS) is 25.8. The predicted octanol–water partition coefficient (Wildman–Crippen LogP) is 2.09. The lowest BCUT2D eigenvalue weighted by Gasteiger charge is -2.25. The minimum Gasteiger partial charge on any atom is -0.356 e. The topological polar surface area (TPSA) is 67.2 Å². The van der Waals surface area contributed by atoms with Crippen molar-refractivity contribution >= 4 is 11.8 Å². The van der Waals surface area contributed by atoms with Crippen LogP contribution < -0.4 is 5.32 Å². The van der Waals surface area contributed by atoms with Crippen molar-refractivity contribution in [3.63, 3.8) is 0 Å². The summed E-state index contributed by atoms with van der Waals surface area (Å²) in [5, 5.41) is 7.55. The number of amides is 2. The molecule has 25 heavy (non-hydrogen) atoms. The molecule has 2 heterocycles. The molecule has 1 unspecified atom stereocenters. The lowest BCUT2D eigenvalue weighted by atomic mass is 9.89. The predicted molar refractivity (Wildman–Crippen MR) is 96.2 cm³/mol. The maximum Gasteiger partial charge on any atom is 0.272 e. The maximum absolute atomic E-state index is 13.1. The first-order chi connectivity index (χ1) is 11.9. The summed E-state index contributed by atoms with van der Waals surface area (Å²) >= 11 is 0. The Morgan fingerprint density at radius 1 is 1.40 bits per heavy atom. The van der Waals surface area contributed by atoms with Gasteiger partial charge in [-0.25, -0.2) is 0 Å². The van der Waals surface area contributed by atoms with E-state index in [9.17, 15) is 9.59 Å². The van der Waals surface area contributed by atoms with Crippen LogP contribution in [0, 0.1) is 17.8 Å². The Kier molecular flexibility index (Phi) is 5.16. The summed E-state index contributed by atoms with van der Waals surface area (Å²) in [6, 6.07) is 2.17. The summed E-state index contributed by atoms with van der Waals surface area (Å²) in [5.74, 6) is 1.64. The SMILES string of the molecule is CCn1nc(CC(C)C)cc1C(=O)N(C)C1C[C@@H]2CNC(=O)C[C@H]2C1. The van der Waals surface area contributed by atoms with Crippen molar-refractivity contribution in [2.45, 2.75) is 59.0 Å². The lowest BCUT2D eigenvalue weighted by Crippen LogP contribution is -2.38. The van der Waals surface area contributed by atoms with Crippen molar-refractivity contribution < 1.29 is 9.59 Å². The molecule has 0 radical (unpaired) electrons. The average molecular weight is 346 g/mol. The van der Waals surface area contributed by atoms with Gasteiger partial charge in [-0.15, -0.1) is 0 Å². The highest BCUT2D eigenvalue weighted by Crippen LogP contribution is 2.38. The van der Waals surface area contributed by atoms with Gasteiger partial charge in [0.15, 0.2) is 0 Å². The Morgan fingerprint density at radius 3 is 2.80 bits per heavy atom. The molecule has 138 valence electrons. The molecule has 1 N–H and O–H groups in total. The van der Waals surface area contributed by atoms with E-state index >= 15 is 0 Å². The van der Waals surface area contributed by atoms with Gasteiger partial charge in [0.2, 0.25) is 5.91 Å². The Morgan fingerprint density at radius 2 is 2.12 bits per heavy atom. The Balaban J connectivity index is 1.72. The van der Waals surface area contributed by atoms with E-state index < -0.39 is 0 Å². The van der Waals surface area contributed by atoms with Gasteiger partial charge in [-0.3, -0.25) is 14.3 Å². The fourth-order valence-electron chi connectivity index (χ4n) is 4.30. The maximum atomic E-state index is 13.1. The molecule has 1 aliphatic carbocycles. The van der Waals surface area contributed by atoms with Gasteiger partial charge in [-0.2, -0.15) is 5.10 Å². The molecule has 1 aliphatic heterocycles. The van der Waals surface area contributed by atoms with Crippen LogP contribution in [0.3, 0.4) is 0 Å². The summed E-state index contributed by atoms with van der Waals surface area (Å²) in [4.78, 5) is 26.6. The summed E-state index contributed by atoms with van der Waals surface area (Å²) in [6.07, 6.45) is 3.40. The molecule has 1 saturated carbocycles. The smallest absolute Gasteiger partial charge is 0.272 e. The van der Waals surface area contributed by atoms with Crippen LogP contribution in [0.15, 0.2) is 6.07 Å². The minimum atomic E-state index is 0.0484. The highest BCUT2D eigenvalue weighted by Gasteiger charge is 2.41. The number of nitrogens with one attached hydrogen (secondary N) is 1. The van der Waals surface area contributed by atoms with Crippen LogP contribution in [0.25, 0.3) is 0 Å². The van der Waals surface area contributed by atoms with Crippen LogP contribution in [-0.4, -0.2) is 46.1 Å². The first kappa shape index (κ1) is 18.0. The molecule has 3 atom stereocenters. The number of hydrogen-bond acceptors (Lipinski definition) is 3. The van der Waals surface area contributed by atoms with Crippen molar-refractivity contribution in [1.29, 1.82) is 0 Å². The molecule has 0 spiro atoms. The third-order valence-corrected chi connectivity index (χ3v) is 5.66. The van der Waals surface area contributed by atoms with Crippen molar-refractivity contribution in [2.24, 2.45) is 17.8 Å². The van der Waals surface area contributed by atoms with Crippen LogP contribution >= 0.6 is 0 Å². The molecule has 6 heteroatoms. The Bertz CT molecular complexity index is 652. The summed E-state index contributed by atoms with van der Waals surface area (Å²) in [6.45, 7) is 7.79. The van der Waals surface area contributed by atoms with Gasteiger partial charge in [-0.05, 0) is 50.0 Å². The van der Waals surface area contributed by atoms with Gasteiger partial charge in [-0.1, -0.05) is 13.8 Å². The summed E-state index contributed by atoms with van der Waals surface area (Å²) in [5.41, 5.74) is 1.67. The van der Waals surface area contributed by atoms with E-state index in [1.54, 1.807) is 0 Å². The van der Waals surface area contributed by atoms with E-state index in [1.165, 1.54) is 0 Å².